The molecule has 1 heterocycles. The first-order valence-corrected chi connectivity index (χ1v) is 10.5. The average Bonchev–Trinajstić information content (AvgIpc) is 3.12. The zero-order valence-electron chi connectivity index (χ0n) is 14.9. The maximum absolute atomic E-state index is 6.32. The van der Waals surface area contributed by atoms with Crippen LogP contribution in [0.2, 0.25) is 10.0 Å². The molecule has 0 amide bonds. The minimum absolute atomic E-state index is 0.668. The van der Waals surface area contributed by atoms with E-state index in [1.54, 1.807) is 17.8 Å². The molecule has 0 N–H and O–H groups in total. The van der Waals surface area contributed by atoms with E-state index in [4.69, 9.17) is 23.2 Å². The van der Waals surface area contributed by atoms with Gasteiger partial charge in [-0.25, -0.2) is 0 Å². The summed E-state index contributed by atoms with van der Waals surface area (Å²) in [4.78, 5) is 0. The van der Waals surface area contributed by atoms with Crippen molar-refractivity contribution in [1.29, 1.82) is 0 Å². The Hall–Kier alpha value is -2.27. The Balaban J connectivity index is 1.66. The zero-order valence-corrected chi connectivity index (χ0v) is 17.3. The molecule has 4 rings (SSSR count). The second-order valence-corrected chi connectivity index (χ2v) is 8.05. The van der Waals surface area contributed by atoms with Crippen molar-refractivity contribution in [3.8, 4) is 11.4 Å². The number of thioether (sulfide) groups is 1. The highest BCUT2D eigenvalue weighted by atomic mass is 35.5. The van der Waals surface area contributed by atoms with Gasteiger partial charge in [0.1, 0.15) is 0 Å². The molecule has 4 aromatic rings. The Kier molecular flexibility index (Phi) is 6.01. The fourth-order valence-electron chi connectivity index (χ4n) is 2.90. The molecule has 3 aromatic carbocycles. The minimum atomic E-state index is 0.668. The third kappa shape index (κ3) is 4.41. The molecule has 0 bridgehead atoms. The second-order valence-electron chi connectivity index (χ2n) is 6.27. The number of hydrogen-bond donors (Lipinski definition) is 0. The van der Waals surface area contributed by atoms with Crippen LogP contribution in [0.3, 0.4) is 0 Å². The molecule has 28 heavy (non-hydrogen) atoms. The molecule has 0 aliphatic rings. The highest BCUT2D eigenvalue weighted by molar-refractivity contribution is 7.98. The van der Waals surface area contributed by atoms with Crippen molar-refractivity contribution >= 4 is 35.0 Å². The molecule has 0 aliphatic heterocycles. The van der Waals surface area contributed by atoms with Gasteiger partial charge in [0.25, 0.3) is 0 Å². The summed E-state index contributed by atoms with van der Waals surface area (Å²) in [6.07, 6.45) is 0. The third-order valence-corrected chi connectivity index (χ3v) is 5.92. The molecule has 0 spiro atoms. The Morgan fingerprint density at radius 2 is 1.54 bits per heavy atom. The topological polar surface area (TPSA) is 30.7 Å². The maximum Gasteiger partial charge on any atom is 0.192 e. The zero-order chi connectivity index (χ0) is 19.3. The summed E-state index contributed by atoms with van der Waals surface area (Å²) < 4.78 is 2.15. The van der Waals surface area contributed by atoms with E-state index in [1.165, 1.54) is 5.56 Å². The van der Waals surface area contributed by atoms with Crippen molar-refractivity contribution in [3.05, 3.63) is 100 Å². The fraction of sp³-hybridized carbons (Fsp3) is 0.0909. The van der Waals surface area contributed by atoms with E-state index in [0.29, 0.717) is 22.3 Å². The summed E-state index contributed by atoms with van der Waals surface area (Å²) in [6.45, 7) is 0.698. The standard InChI is InChI=1S/C22H17Cl2N3S/c23-19-11-12-20(24)18(13-19)15-28-22-26-25-21(17-9-5-2-6-10-17)27(22)14-16-7-3-1-4-8-16/h1-13H,14-15H2. The number of nitrogens with zero attached hydrogens (tertiary/aromatic N) is 3. The third-order valence-electron chi connectivity index (χ3n) is 4.30. The van der Waals surface area contributed by atoms with Crippen LogP contribution in [-0.2, 0) is 12.3 Å². The maximum atomic E-state index is 6.32. The summed E-state index contributed by atoms with van der Waals surface area (Å²) in [6, 6.07) is 25.9. The van der Waals surface area contributed by atoms with Gasteiger partial charge in [0.15, 0.2) is 11.0 Å². The predicted molar refractivity (Wildman–Crippen MR) is 117 cm³/mol. The normalized spacial score (nSPS) is 10.9. The number of aromatic nitrogens is 3. The molecule has 0 fully saturated rings. The van der Waals surface area contributed by atoms with Gasteiger partial charge in [-0.2, -0.15) is 0 Å². The minimum Gasteiger partial charge on any atom is -0.298 e. The number of benzene rings is 3. The van der Waals surface area contributed by atoms with Crippen LogP contribution in [0, 0.1) is 0 Å². The first kappa shape index (κ1) is 19.1. The molecule has 6 heteroatoms. The van der Waals surface area contributed by atoms with Crippen molar-refractivity contribution in [3.63, 3.8) is 0 Å². The van der Waals surface area contributed by atoms with Crippen molar-refractivity contribution in [1.82, 2.24) is 14.8 Å². The summed E-state index contributed by atoms with van der Waals surface area (Å²) in [5, 5.41) is 11.1. The van der Waals surface area contributed by atoms with Crippen LogP contribution in [-0.4, -0.2) is 14.8 Å². The van der Waals surface area contributed by atoms with E-state index in [2.05, 4.69) is 26.9 Å². The van der Waals surface area contributed by atoms with Gasteiger partial charge in [-0.15, -0.1) is 10.2 Å². The van der Waals surface area contributed by atoms with E-state index >= 15 is 0 Å². The predicted octanol–water partition coefficient (Wildman–Crippen LogP) is 6.59. The lowest BCUT2D eigenvalue weighted by Gasteiger charge is -2.11. The molecular formula is C22H17Cl2N3S. The first-order chi connectivity index (χ1) is 13.7. The van der Waals surface area contributed by atoms with Gasteiger partial charge in [0, 0.05) is 21.4 Å². The SMILES string of the molecule is Clc1ccc(Cl)c(CSc2nnc(-c3ccccc3)n2Cc2ccccc2)c1. The summed E-state index contributed by atoms with van der Waals surface area (Å²) in [5.41, 5.74) is 3.22. The van der Waals surface area contributed by atoms with Gasteiger partial charge in [-0.05, 0) is 29.3 Å². The lowest BCUT2D eigenvalue weighted by molar-refractivity contribution is 0.714. The van der Waals surface area contributed by atoms with Gasteiger partial charge >= 0.3 is 0 Å². The van der Waals surface area contributed by atoms with Crippen molar-refractivity contribution in [2.75, 3.05) is 0 Å². The molecule has 0 unspecified atom stereocenters. The molecule has 0 saturated carbocycles. The molecule has 3 nitrogen and oxygen atoms in total. The molecule has 1 aromatic heterocycles. The Morgan fingerprint density at radius 3 is 2.29 bits per heavy atom. The van der Waals surface area contributed by atoms with Gasteiger partial charge < -0.3 is 0 Å². The van der Waals surface area contributed by atoms with E-state index in [9.17, 15) is 0 Å². The fourth-order valence-corrected chi connectivity index (χ4v) is 4.29. The summed E-state index contributed by atoms with van der Waals surface area (Å²) in [5.74, 6) is 1.52. The molecule has 0 radical (unpaired) electrons. The van der Waals surface area contributed by atoms with E-state index in [1.807, 2.05) is 60.7 Å². The molecular weight excluding hydrogens is 409 g/mol. The smallest absolute Gasteiger partial charge is 0.192 e. The molecule has 0 saturated heterocycles. The van der Waals surface area contributed by atoms with Crippen LogP contribution in [0.15, 0.2) is 84.0 Å². The van der Waals surface area contributed by atoms with Crippen molar-refractivity contribution in [2.45, 2.75) is 17.5 Å². The van der Waals surface area contributed by atoms with E-state index in [0.717, 1.165) is 22.1 Å². The van der Waals surface area contributed by atoms with Crippen LogP contribution < -0.4 is 0 Å². The van der Waals surface area contributed by atoms with Crippen molar-refractivity contribution < 1.29 is 0 Å². The van der Waals surface area contributed by atoms with Crippen LogP contribution in [0.4, 0.5) is 0 Å². The Labute approximate surface area is 178 Å². The van der Waals surface area contributed by atoms with Gasteiger partial charge in [0.2, 0.25) is 0 Å². The van der Waals surface area contributed by atoms with Crippen LogP contribution in [0.1, 0.15) is 11.1 Å². The Morgan fingerprint density at radius 1 is 0.821 bits per heavy atom. The van der Waals surface area contributed by atoms with Crippen LogP contribution in [0.5, 0.6) is 0 Å². The van der Waals surface area contributed by atoms with Gasteiger partial charge in [0.05, 0.1) is 6.54 Å². The lowest BCUT2D eigenvalue weighted by atomic mass is 10.2. The summed E-state index contributed by atoms with van der Waals surface area (Å²) in [7, 11) is 0. The molecule has 0 aliphatic carbocycles. The van der Waals surface area contributed by atoms with Crippen LogP contribution >= 0.6 is 35.0 Å². The van der Waals surface area contributed by atoms with Crippen LogP contribution in [0.25, 0.3) is 11.4 Å². The summed E-state index contributed by atoms with van der Waals surface area (Å²) >= 11 is 14.0. The molecule has 0 atom stereocenters. The first-order valence-electron chi connectivity index (χ1n) is 8.80. The quantitative estimate of drug-likeness (QED) is 0.326. The average molecular weight is 426 g/mol. The number of rotatable bonds is 6. The molecule has 140 valence electrons. The highest BCUT2D eigenvalue weighted by Crippen LogP contribution is 2.30. The second kappa shape index (κ2) is 8.82. The lowest BCUT2D eigenvalue weighted by Crippen LogP contribution is -2.04. The van der Waals surface area contributed by atoms with E-state index in [-0.39, 0.29) is 0 Å². The van der Waals surface area contributed by atoms with Gasteiger partial charge in [-0.1, -0.05) is 95.6 Å². The number of halogens is 2. The largest absolute Gasteiger partial charge is 0.298 e. The van der Waals surface area contributed by atoms with Gasteiger partial charge in [-0.3, -0.25) is 4.57 Å². The highest BCUT2D eigenvalue weighted by Gasteiger charge is 2.15. The van der Waals surface area contributed by atoms with Crippen molar-refractivity contribution in [2.24, 2.45) is 0 Å². The van der Waals surface area contributed by atoms with E-state index < -0.39 is 0 Å². The number of hydrogen-bond acceptors (Lipinski definition) is 3. The monoisotopic (exact) mass is 425 g/mol. The Bertz CT molecular complexity index is 1070.